The lowest BCUT2D eigenvalue weighted by Gasteiger charge is -2.09. The molecule has 0 unspecified atom stereocenters. The third kappa shape index (κ3) is 3.23. The summed E-state index contributed by atoms with van der Waals surface area (Å²) < 4.78 is 6.67. The van der Waals surface area contributed by atoms with E-state index in [0.717, 1.165) is 4.47 Å². The van der Waals surface area contributed by atoms with Gasteiger partial charge >= 0.3 is 0 Å². The summed E-state index contributed by atoms with van der Waals surface area (Å²) in [5, 5.41) is 0. The number of pyridine rings is 1. The average Bonchev–Trinajstić information content (AvgIpc) is 2.56. The molecule has 0 aliphatic carbocycles. The Morgan fingerprint density at radius 3 is 2.36 bits per heavy atom. The highest BCUT2D eigenvalue weighted by Gasteiger charge is 2.15. The van der Waals surface area contributed by atoms with E-state index in [1.807, 2.05) is 36.4 Å². The van der Waals surface area contributed by atoms with Crippen molar-refractivity contribution in [1.29, 1.82) is 0 Å². The van der Waals surface area contributed by atoms with Crippen molar-refractivity contribution in [2.24, 2.45) is 0 Å². The first-order valence-corrected chi connectivity index (χ1v) is 7.51. The molecule has 0 saturated carbocycles. The third-order valence-corrected chi connectivity index (χ3v) is 3.62. The molecule has 0 saturated heterocycles. The van der Waals surface area contributed by atoms with Gasteiger partial charge in [0.2, 0.25) is 5.88 Å². The quantitative estimate of drug-likeness (QED) is 0.628. The summed E-state index contributed by atoms with van der Waals surface area (Å²) in [6.07, 6.45) is 1.65. The minimum absolute atomic E-state index is 0.0842. The Morgan fingerprint density at radius 1 is 0.909 bits per heavy atom. The summed E-state index contributed by atoms with van der Waals surface area (Å²) >= 11 is 3.37. The number of aromatic nitrogens is 1. The molecule has 1 heterocycles. The molecule has 4 heteroatoms. The lowest BCUT2D eigenvalue weighted by molar-refractivity contribution is 0.103. The number of benzene rings is 2. The topological polar surface area (TPSA) is 39.2 Å². The maximum absolute atomic E-state index is 12.7. The Balaban J connectivity index is 1.94. The van der Waals surface area contributed by atoms with Crippen molar-refractivity contribution in [3.63, 3.8) is 0 Å². The molecule has 3 aromatic rings. The van der Waals surface area contributed by atoms with Crippen LogP contribution in [-0.2, 0) is 0 Å². The number of carbonyl (C=O) groups is 1. The maximum atomic E-state index is 12.7. The number of nitrogens with zero attached hydrogens (tertiary/aromatic N) is 1. The van der Waals surface area contributed by atoms with Gasteiger partial charge in [-0.05, 0) is 42.5 Å². The molecular formula is C18H12BrNO2. The van der Waals surface area contributed by atoms with Gasteiger partial charge in [0.1, 0.15) is 5.75 Å². The van der Waals surface area contributed by atoms with Gasteiger partial charge < -0.3 is 4.74 Å². The van der Waals surface area contributed by atoms with Gasteiger partial charge in [-0.3, -0.25) is 4.79 Å². The second kappa shape index (κ2) is 6.54. The van der Waals surface area contributed by atoms with Gasteiger partial charge in [0.05, 0.1) is 5.56 Å². The van der Waals surface area contributed by atoms with E-state index in [2.05, 4.69) is 20.9 Å². The van der Waals surface area contributed by atoms with Crippen LogP contribution in [0.4, 0.5) is 0 Å². The van der Waals surface area contributed by atoms with Crippen LogP contribution < -0.4 is 4.74 Å². The maximum Gasteiger partial charge on any atom is 0.219 e. The van der Waals surface area contributed by atoms with E-state index in [4.69, 9.17) is 4.74 Å². The van der Waals surface area contributed by atoms with Crippen molar-refractivity contribution in [3.8, 4) is 11.6 Å². The summed E-state index contributed by atoms with van der Waals surface area (Å²) in [5.41, 5.74) is 1.12. The Hall–Kier alpha value is -2.46. The first kappa shape index (κ1) is 14.5. The van der Waals surface area contributed by atoms with E-state index >= 15 is 0 Å². The van der Waals surface area contributed by atoms with Crippen LogP contribution in [0.5, 0.6) is 11.6 Å². The molecular weight excluding hydrogens is 342 g/mol. The van der Waals surface area contributed by atoms with Gasteiger partial charge in [-0.15, -0.1) is 0 Å². The first-order chi connectivity index (χ1) is 10.7. The Labute approximate surface area is 136 Å². The standard InChI is InChI=1S/C18H12BrNO2/c19-14-10-8-13(9-11-14)18(21)15-5-1-2-6-16(15)22-17-7-3-4-12-20-17/h1-12H. The fourth-order valence-electron chi connectivity index (χ4n) is 2.02. The van der Waals surface area contributed by atoms with Gasteiger partial charge in [0, 0.05) is 22.3 Å². The fraction of sp³-hybridized carbons (Fsp3) is 0. The van der Waals surface area contributed by atoms with Crippen molar-refractivity contribution < 1.29 is 9.53 Å². The van der Waals surface area contributed by atoms with Gasteiger partial charge in [0.15, 0.2) is 5.78 Å². The van der Waals surface area contributed by atoms with Crippen molar-refractivity contribution in [1.82, 2.24) is 4.98 Å². The lowest BCUT2D eigenvalue weighted by Crippen LogP contribution is -2.03. The van der Waals surface area contributed by atoms with Crippen LogP contribution in [0.25, 0.3) is 0 Å². The van der Waals surface area contributed by atoms with Crippen LogP contribution in [0.2, 0.25) is 0 Å². The molecule has 0 aliphatic heterocycles. The van der Waals surface area contributed by atoms with Crippen molar-refractivity contribution in [2.45, 2.75) is 0 Å². The highest BCUT2D eigenvalue weighted by Crippen LogP contribution is 2.26. The van der Waals surface area contributed by atoms with Crippen molar-refractivity contribution in [2.75, 3.05) is 0 Å². The Kier molecular flexibility index (Phi) is 4.30. The zero-order valence-electron chi connectivity index (χ0n) is 11.6. The van der Waals surface area contributed by atoms with E-state index in [9.17, 15) is 4.79 Å². The van der Waals surface area contributed by atoms with Crippen LogP contribution in [0, 0.1) is 0 Å². The Bertz CT molecular complexity index is 786. The summed E-state index contributed by atoms with van der Waals surface area (Å²) in [7, 11) is 0. The molecule has 0 bridgehead atoms. The molecule has 0 N–H and O–H groups in total. The van der Waals surface area contributed by atoms with E-state index in [1.165, 1.54) is 0 Å². The number of rotatable bonds is 4. The van der Waals surface area contributed by atoms with Crippen molar-refractivity contribution in [3.05, 3.63) is 88.5 Å². The highest BCUT2D eigenvalue weighted by atomic mass is 79.9. The summed E-state index contributed by atoms with van der Waals surface area (Å²) in [4.78, 5) is 16.8. The molecule has 0 spiro atoms. The molecule has 2 aromatic carbocycles. The number of ether oxygens (including phenoxy) is 1. The van der Waals surface area contributed by atoms with Gasteiger partial charge in [0.25, 0.3) is 0 Å². The first-order valence-electron chi connectivity index (χ1n) is 6.72. The molecule has 0 atom stereocenters. The van der Waals surface area contributed by atoms with Crippen LogP contribution in [-0.4, -0.2) is 10.8 Å². The van der Waals surface area contributed by atoms with Crippen molar-refractivity contribution >= 4 is 21.7 Å². The minimum Gasteiger partial charge on any atom is -0.438 e. The molecule has 0 amide bonds. The van der Waals surface area contributed by atoms with Gasteiger partial charge in [-0.1, -0.05) is 34.1 Å². The fourth-order valence-corrected chi connectivity index (χ4v) is 2.28. The summed E-state index contributed by atoms with van der Waals surface area (Å²) in [6.45, 7) is 0. The van der Waals surface area contributed by atoms with Crippen LogP contribution in [0.15, 0.2) is 77.4 Å². The van der Waals surface area contributed by atoms with Crippen LogP contribution in [0.3, 0.4) is 0 Å². The number of halogens is 1. The number of hydrogen-bond donors (Lipinski definition) is 0. The average molecular weight is 354 g/mol. The van der Waals surface area contributed by atoms with E-state index in [-0.39, 0.29) is 5.78 Å². The summed E-state index contributed by atoms with van der Waals surface area (Å²) in [6, 6.07) is 19.8. The predicted molar refractivity (Wildman–Crippen MR) is 88.3 cm³/mol. The second-order valence-corrected chi connectivity index (χ2v) is 5.52. The van der Waals surface area contributed by atoms with E-state index < -0.39 is 0 Å². The SMILES string of the molecule is O=C(c1ccc(Br)cc1)c1ccccc1Oc1ccccn1. The third-order valence-electron chi connectivity index (χ3n) is 3.09. The molecule has 0 aliphatic rings. The largest absolute Gasteiger partial charge is 0.438 e. The molecule has 1 aromatic heterocycles. The zero-order chi connectivity index (χ0) is 15.4. The Morgan fingerprint density at radius 2 is 1.64 bits per heavy atom. The molecule has 0 fully saturated rings. The number of para-hydroxylation sites is 1. The van der Waals surface area contributed by atoms with E-state index in [0.29, 0.717) is 22.8 Å². The monoisotopic (exact) mass is 353 g/mol. The van der Waals surface area contributed by atoms with Gasteiger partial charge in [-0.2, -0.15) is 0 Å². The smallest absolute Gasteiger partial charge is 0.219 e. The predicted octanol–water partition coefficient (Wildman–Crippen LogP) is 4.87. The molecule has 22 heavy (non-hydrogen) atoms. The van der Waals surface area contributed by atoms with Gasteiger partial charge in [-0.25, -0.2) is 4.98 Å². The highest BCUT2D eigenvalue weighted by molar-refractivity contribution is 9.10. The molecule has 108 valence electrons. The second-order valence-electron chi connectivity index (χ2n) is 4.60. The van der Waals surface area contributed by atoms with E-state index in [1.54, 1.807) is 36.5 Å². The minimum atomic E-state index is -0.0842. The normalized spacial score (nSPS) is 10.2. The number of carbonyl (C=O) groups excluding carboxylic acids is 1. The molecule has 0 radical (unpaired) electrons. The van der Waals surface area contributed by atoms with Crippen LogP contribution >= 0.6 is 15.9 Å². The zero-order valence-corrected chi connectivity index (χ0v) is 13.2. The molecule has 3 rings (SSSR count). The van der Waals surface area contributed by atoms with Crippen LogP contribution in [0.1, 0.15) is 15.9 Å². The summed E-state index contributed by atoms with van der Waals surface area (Å²) in [5.74, 6) is 0.867. The number of hydrogen-bond acceptors (Lipinski definition) is 3. The lowest BCUT2D eigenvalue weighted by atomic mass is 10.0. The molecule has 3 nitrogen and oxygen atoms in total. The number of ketones is 1.